The van der Waals surface area contributed by atoms with Crippen molar-refractivity contribution in [2.45, 2.75) is 38.6 Å². The number of nitrogens with one attached hydrogen (secondary N) is 2. The Morgan fingerprint density at radius 2 is 1.73 bits per heavy atom. The van der Waals surface area contributed by atoms with Crippen LogP contribution in [0.3, 0.4) is 0 Å². The average Bonchev–Trinajstić information content (AvgIpc) is 3.43. The fourth-order valence-electron chi connectivity index (χ4n) is 6.64. The molecule has 0 spiro atoms. The maximum Gasteiger partial charge on any atom is 0.0638 e. The predicted octanol–water partition coefficient (Wildman–Crippen LogP) is 5.95. The van der Waals surface area contributed by atoms with Gasteiger partial charge in [-0.3, -0.25) is 9.89 Å². The third kappa shape index (κ3) is 2.97. The lowest BCUT2D eigenvalue weighted by molar-refractivity contribution is 0.140. The van der Waals surface area contributed by atoms with Crippen LogP contribution in [0.25, 0.3) is 21.8 Å². The second kappa shape index (κ2) is 7.46. The molecule has 2 aromatic carbocycles. The van der Waals surface area contributed by atoms with E-state index in [0.717, 1.165) is 45.3 Å². The minimum atomic E-state index is 0.473. The smallest absolute Gasteiger partial charge is 0.0638 e. The topological polar surface area (TPSA) is 47.2 Å². The van der Waals surface area contributed by atoms with E-state index in [4.69, 9.17) is 4.99 Å². The Morgan fingerprint density at radius 1 is 0.970 bits per heavy atom. The van der Waals surface area contributed by atoms with Gasteiger partial charge in [-0.2, -0.15) is 0 Å². The van der Waals surface area contributed by atoms with E-state index < -0.39 is 0 Å². The van der Waals surface area contributed by atoms with Crippen LogP contribution in [0.4, 0.5) is 0 Å². The Hall–Kier alpha value is -3.11. The van der Waals surface area contributed by atoms with Crippen molar-refractivity contribution in [3.63, 3.8) is 0 Å². The summed E-state index contributed by atoms with van der Waals surface area (Å²) in [7, 11) is 0. The van der Waals surface area contributed by atoms with E-state index >= 15 is 0 Å². The van der Waals surface area contributed by atoms with E-state index in [0.29, 0.717) is 12.0 Å². The fourth-order valence-corrected chi connectivity index (χ4v) is 6.64. The van der Waals surface area contributed by atoms with Crippen molar-refractivity contribution in [3.05, 3.63) is 82.7 Å². The maximum absolute atomic E-state index is 5.05. The lowest BCUT2D eigenvalue weighted by Gasteiger charge is -2.44. The zero-order chi connectivity index (χ0) is 21.9. The van der Waals surface area contributed by atoms with Gasteiger partial charge in [0, 0.05) is 47.1 Å². The summed E-state index contributed by atoms with van der Waals surface area (Å²) in [5.41, 5.74) is 11.1. The molecule has 0 saturated carbocycles. The molecule has 0 bridgehead atoms. The number of allylic oxidation sites excluding steroid dienone is 1. The Kier molecular flexibility index (Phi) is 4.38. The highest BCUT2D eigenvalue weighted by Crippen LogP contribution is 2.44. The van der Waals surface area contributed by atoms with Crippen LogP contribution in [-0.2, 0) is 12.8 Å². The fraction of sp³-hybridized carbons (Fsp3) is 0.345. The minimum absolute atomic E-state index is 0.473. The largest absolute Gasteiger partial charge is 0.357 e. The molecule has 4 heteroatoms. The Morgan fingerprint density at radius 3 is 2.55 bits per heavy atom. The number of para-hydroxylation sites is 2. The highest BCUT2D eigenvalue weighted by Gasteiger charge is 2.38. The van der Waals surface area contributed by atoms with Crippen LogP contribution in [0.5, 0.6) is 0 Å². The summed E-state index contributed by atoms with van der Waals surface area (Å²) in [6, 6.07) is 18.0. The van der Waals surface area contributed by atoms with Crippen molar-refractivity contribution in [2.75, 3.05) is 19.6 Å². The third-order valence-corrected chi connectivity index (χ3v) is 8.26. The van der Waals surface area contributed by atoms with Crippen LogP contribution in [0, 0.1) is 5.92 Å². The summed E-state index contributed by atoms with van der Waals surface area (Å²) in [5.74, 6) is 0.532. The highest BCUT2D eigenvalue weighted by molar-refractivity contribution is 6.06. The van der Waals surface area contributed by atoms with Crippen molar-refractivity contribution in [1.82, 2.24) is 14.9 Å². The van der Waals surface area contributed by atoms with Crippen LogP contribution < -0.4 is 0 Å². The molecule has 2 atom stereocenters. The van der Waals surface area contributed by atoms with Crippen LogP contribution in [0.1, 0.15) is 48.3 Å². The van der Waals surface area contributed by atoms with E-state index in [1.165, 1.54) is 44.5 Å². The molecule has 3 aliphatic rings. The van der Waals surface area contributed by atoms with Gasteiger partial charge in [0.2, 0.25) is 0 Å². The molecule has 33 heavy (non-hydrogen) atoms. The molecule has 5 heterocycles. The molecule has 3 aliphatic heterocycles. The van der Waals surface area contributed by atoms with Crippen LogP contribution in [0.2, 0.25) is 0 Å². The number of H-pyrrole nitrogens is 2. The zero-order valence-corrected chi connectivity index (χ0v) is 19.2. The van der Waals surface area contributed by atoms with E-state index in [-0.39, 0.29) is 0 Å². The second-order valence-electron chi connectivity index (χ2n) is 9.90. The number of hydrogen-bond acceptors (Lipinski definition) is 2. The van der Waals surface area contributed by atoms with Crippen molar-refractivity contribution in [3.8, 4) is 0 Å². The molecule has 4 nitrogen and oxygen atoms in total. The highest BCUT2D eigenvalue weighted by atomic mass is 15.2. The van der Waals surface area contributed by atoms with E-state index in [1.54, 1.807) is 11.1 Å². The first kappa shape index (κ1) is 19.4. The lowest BCUT2D eigenvalue weighted by atomic mass is 9.78. The number of piperidine rings is 1. The van der Waals surface area contributed by atoms with Crippen molar-refractivity contribution < 1.29 is 0 Å². The van der Waals surface area contributed by atoms with Gasteiger partial charge in [0.05, 0.1) is 17.4 Å². The quantitative estimate of drug-likeness (QED) is 0.376. The summed E-state index contributed by atoms with van der Waals surface area (Å²) < 4.78 is 0. The maximum atomic E-state index is 5.05. The molecule has 2 N–H and O–H groups in total. The molecule has 0 unspecified atom stereocenters. The van der Waals surface area contributed by atoms with E-state index in [2.05, 4.69) is 76.4 Å². The third-order valence-electron chi connectivity index (χ3n) is 8.26. The molecule has 0 amide bonds. The second-order valence-corrected chi connectivity index (χ2v) is 9.90. The zero-order valence-electron chi connectivity index (χ0n) is 19.2. The number of aromatic amines is 2. The predicted molar refractivity (Wildman–Crippen MR) is 136 cm³/mol. The van der Waals surface area contributed by atoms with Gasteiger partial charge >= 0.3 is 0 Å². The molecular weight excluding hydrogens is 404 g/mol. The summed E-state index contributed by atoms with van der Waals surface area (Å²) >= 11 is 0. The summed E-state index contributed by atoms with van der Waals surface area (Å²) in [6.07, 6.45) is 6.74. The van der Waals surface area contributed by atoms with Crippen LogP contribution in [0.15, 0.2) is 65.2 Å². The van der Waals surface area contributed by atoms with Gasteiger partial charge in [-0.25, -0.2) is 0 Å². The van der Waals surface area contributed by atoms with Gasteiger partial charge in [-0.15, -0.1) is 0 Å². The van der Waals surface area contributed by atoms with Crippen LogP contribution in [-0.4, -0.2) is 40.2 Å². The lowest BCUT2D eigenvalue weighted by Crippen LogP contribution is -2.43. The SMILES string of the molecule is C/C=C1\CN2CCc3c([nH]c4ccccc34)[C@@H]2C[C@@H]1CC1=NCCc2c1[nH]c1ccccc21. The number of fused-ring (bicyclic) bond motifs is 8. The number of hydrogen-bond donors (Lipinski definition) is 2. The standard InChI is InChI=1S/C29H30N4/c1-2-18-17-33-14-12-23-21-8-4-6-10-25(21)32-29(23)27(33)16-19(18)15-26-28-22(11-13-30-26)20-7-3-5-9-24(20)31-28/h2-10,19,27,31-32H,11-17H2,1H3/b18-2+/t19-,27-/m0/s1. The van der Waals surface area contributed by atoms with Crippen molar-refractivity contribution >= 4 is 27.5 Å². The molecule has 2 aromatic heterocycles. The molecule has 1 saturated heterocycles. The van der Waals surface area contributed by atoms with Gasteiger partial charge in [0.25, 0.3) is 0 Å². The van der Waals surface area contributed by atoms with Gasteiger partial charge in [0.1, 0.15) is 0 Å². The number of aromatic nitrogens is 2. The van der Waals surface area contributed by atoms with Gasteiger partial charge in [-0.1, -0.05) is 48.0 Å². The number of aliphatic imine (C=N–C) groups is 1. The monoisotopic (exact) mass is 434 g/mol. The molecule has 7 rings (SSSR count). The van der Waals surface area contributed by atoms with E-state index in [9.17, 15) is 0 Å². The Bertz CT molecular complexity index is 1430. The summed E-state index contributed by atoms with van der Waals surface area (Å²) in [6.45, 7) is 5.35. The van der Waals surface area contributed by atoms with Gasteiger partial charge in [0.15, 0.2) is 0 Å². The van der Waals surface area contributed by atoms with Crippen molar-refractivity contribution in [2.24, 2.45) is 10.9 Å². The normalized spacial score (nSPS) is 24.0. The summed E-state index contributed by atoms with van der Waals surface area (Å²) in [4.78, 5) is 15.3. The molecular formula is C29H30N4. The molecule has 166 valence electrons. The molecule has 4 aromatic rings. The first-order chi connectivity index (χ1) is 16.3. The molecule has 0 aliphatic carbocycles. The summed E-state index contributed by atoms with van der Waals surface area (Å²) in [5, 5.41) is 2.79. The van der Waals surface area contributed by atoms with Crippen molar-refractivity contribution in [1.29, 1.82) is 0 Å². The first-order valence-corrected chi connectivity index (χ1v) is 12.4. The number of rotatable bonds is 2. The molecule has 1 fully saturated rings. The molecule has 0 radical (unpaired) electrons. The van der Waals surface area contributed by atoms with E-state index in [1.807, 2.05) is 0 Å². The first-order valence-electron chi connectivity index (χ1n) is 12.4. The average molecular weight is 435 g/mol. The van der Waals surface area contributed by atoms with Crippen LogP contribution >= 0.6 is 0 Å². The Balaban J connectivity index is 1.24. The van der Waals surface area contributed by atoms with Gasteiger partial charge < -0.3 is 9.97 Å². The number of benzene rings is 2. The van der Waals surface area contributed by atoms with Gasteiger partial charge in [-0.05, 0) is 61.8 Å². The Labute approximate surface area is 194 Å². The minimum Gasteiger partial charge on any atom is -0.357 e. The number of nitrogens with zero attached hydrogens (tertiary/aromatic N) is 2.